The highest BCUT2D eigenvalue weighted by Crippen LogP contribution is 2.22. The molecule has 0 bridgehead atoms. The van der Waals surface area contributed by atoms with Crippen LogP contribution in [0.1, 0.15) is 28.2 Å². The lowest BCUT2D eigenvalue weighted by molar-refractivity contribution is 0.0951. The molecule has 118 valence electrons. The summed E-state index contributed by atoms with van der Waals surface area (Å²) in [6.45, 7) is 5.40. The van der Waals surface area contributed by atoms with Gasteiger partial charge < -0.3 is 10.1 Å². The largest absolute Gasteiger partial charge is 0.497 e. The molecule has 1 amide bonds. The van der Waals surface area contributed by atoms with Gasteiger partial charge in [-0.15, -0.1) is 0 Å². The topological polar surface area (TPSA) is 56.1 Å². The van der Waals surface area contributed by atoms with Crippen LogP contribution in [0.4, 0.5) is 0 Å². The van der Waals surface area contributed by atoms with Gasteiger partial charge in [0.1, 0.15) is 5.75 Å². The van der Waals surface area contributed by atoms with Crippen molar-refractivity contribution < 1.29 is 9.53 Å². The molecule has 0 aliphatic carbocycles. The average molecular weight is 366 g/mol. The lowest BCUT2D eigenvalue weighted by Gasteiger charge is -2.09. The van der Waals surface area contributed by atoms with Crippen LogP contribution >= 0.6 is 15.9 Å². The smallest absolute Gasteiger partial charge is 0.252 e. The number of ether oxygens (including phenoxy) is 1. The Morgan fingerprint density at radius 3 is 2.77 bits per heavy atom. The molecule has 1 heterocycles. The molecule has 0 radical (unpaired) electrons. The lowest BCUT2D eigenvalue weighted by atomic mass is 10.2. The van der Waals surface area contributed by atoms with Crippen LogP contribution < -0.4 is 10.1 Å². The van der Waals surface area contributed by atoms with Gasteiger partial charge in [-0.1, -0.05) is 0 Å². The molecule has 0 aliphatic rings. The maximum absolute atomic E-state index is 12.2. The van der Waals surface area contributed by atoms with E-state index in [0.29, 0.717) is 17.9 Å². The fourth-order valence-corrected chi connectivity index (χ4v) is 2.66. The first-order valence-corrected chi connectivity index (χ1v) is 7.93. The summed E-state index contributed by atoms with van der Waals surface area (Å²) >= 11 is 3.39. The summed E-state index contributed by atoms with van der Waals surface area (Å²) in [7, 11) is 1.58. The summed E-state index contributed by atoms with van der Waals surface area (Å²) in [6.07, 6.45) is 0.829. The molecule has 6 heteroatoms. The van der Waals surface area contributed by atoms with Crippen molar-refractivity contribution in [1.29, 1.82) is 0 Å². The Balaban J connectivity index is 1.86. The first-order valence-electron chi connectivity index (χ1n) is 7.14. The molecule has 0 atom stereocenters. The Morgan fingerprint density at radius 1 is 1.36 bits per heavy atom. The second kappa shape index (κ2) is 7.45. The quantitative estimate of drug-likeness (QED) is 0.800. The Bertz CT molecular complexity index is 667. The average Bonchev–Trinajstić information content (AvgIpc) is 2.82. The van der Waals surface area contributed by atoms with E-state index < -0.39 is 0 Å². The van der Waals surface area contributed by atoms with Gasteiger partial charge in [-0.25, -0.2) is 0 Å². The van der Waals surface area contributed by atoms with Crippen LogP contribution in [-0.2, 0) is 6.54 Å². The fourth-order valence-electron chi connectivity index (χ4n) is 2.23. The minimum atomic E-state index is -0.112. The minimum absolute atomic E-state index is 0.112. The number of halogens is 1. The van der Waals surface area contributed by atoms with E-state index in [1.54, 1.807) is 13.2 Å². The number of benzene rings is 1. The molecule has 0 spiro atoms. The number of aromatic nitrogens is 2. The first-order chi connectivity index (χ1) is 10.5. The van der Waals surface area contributed by atoms with E-state index in [1.807, 2.05) is 36.7 Å². The number of carbonyl (C=O) groups is 1. The Kier molecular flexibility index (Phi) is 5.60. The minimum Gasteiger partial charge on any atom is -0.497 e. The van der Waals surface area contributed by atoms with Gasteiger partial charge in [-0.3, -0.25) is 9.48 Å². The monoisotopic (exact) mass is 365 g/mol. The summed E-state index contributed by atoms with van der Waals surface area (Å²) < 4.78 is 7.86. The van der Waals surface area contributed by atoms with Crippen LogP contribution in [0.25, 0.3) is 0 Å². The lowest BCUT2D eigenvalue weighted by Crippen LogP contribution is -2.25. The molecular formula is C16H20BrN3O2. The number of carbonyl (C=O) groups excluding carboxylic acids is 1. The first kappa shape index (κ1) is 16.5. The molecule has 5 nitrogen and oxygen atoms in total. The summed E-state index contributed by atoms with van der Waals surface area (Å²) in [5.41, 5.74) is 2.73. The Labute approximate surface area is 138 Å². The third-order valence-electron chi connectivity index (χ3n) is 3.35. The zero-order valence-electron chi connectivity index (χ0n) is 13.0. The van der Waals surface area contributed by atoms with Crippen LogP contribution in [0.5, 0.6) is 5.75 Å². The highest BCUT2D eigenvalue weighted by atomic mass is 79.9. The predicted octanol–water partition coefficient (Wildman–Crippen LogP) is 3.09. The second-order valence-corrected chi connectivity index (χ2v) is 5.96. The van der Waals surface area contributed by atoms with E-state index >= 15 is 0 Å². The number of rotatable bonds is 6. The van der Waals surface area contributed by atoms with Gasteiger partial charge in [-0.05, 0) is 60.5 Å². The zero-order chi connectivity index (χ0) is 16.1. The van der Waals surface area contributed by atoms with Crippen molar-refractivity contribution in [3.05, 3.63) is 45.7 Å². The van der Waals surface area contributed by atoms with Crippen LogP contribution in [0, 0.1) is 13.8 Å². The van der Waals surface area contributed by atoms with E-state index in [2.05, 4.69) is 26.3 Å². The number of amides is 1. The van der Waals surface area contributed by atoms with E-state index in [0.717, 1.165) is 28.8 Å². The highest BCUT2D eigenvalue weighted by Gasteiger charge is 2.11. The maximum atomic E-state index is 12.2. The maximum Gasteiger partial charge on any atom is 0.252 e. The fraction of sp³-hybridized carbons (Fsp3) is 0.375. The van der Waals surface area contributed by atoms with E-state index in [9.17, 15) is 4.79 Å². The number of nitrogens with one attached hydrogen (secondary N) is 1. The number of nitrogens with zero attached hydrogens (tertiary/aromatic N) is 2. The van der Waals surface area contributed by atoms with Gasteiger partial charge in [0.2, 0.25) is 0 Å². The van der Waals surface area contributed by atoms with Crippen molar-refractivity contribution in [2.45, 2.75) is 26.8 Å². The van der Waals surface area contributed by atoms with Gasteiger partial charge in [0.05, 0.1) is 18.4 Å². The van der Waals surface area contributed by atoms with Crippen molar-refractivity contribution in [3.8, 4) is 5.75 Å². The van der Waals surface area contributed by atoms with Crippen LogP contribution in [0.2, 0.25) is 0 Å². The Hall–Kier alpha value is -1.82. The van der Waals surface area contributed by atoms with Crippen molar-refractivity contribution in [2.75, 3.05) is 13.7 Å². The second-order valence-electron chi connectivity index (χ2n) is 5.11. The van der Waals surface area contributed by atoms with Crippen molar-refractivity contribution >= 4 is 21.8 Å². The van der Waals surface area contributed by atoms with E-state index in [4.69, 9.17) is 4.74 Å². The van der Waals surface area contributed by atoms with Crippen LogP contribution in [-0.4, -0.2) is 29.3 Å². The third-order valence-corrected chi connectivity index (χ3v) is 4.05. The molecule has 0 unspecified atom stereocenters. The molecule has 22 heavy (non-hydrogen) atoms. The standard InChI is InChI=1S/C16H20BrN3O2/c1-11-9-12(2)20(19-11)8-4-7-18-16(21)14-10-13(22-3)5-6-15(14)17/h5-6,9-10H,4,7-8H2,1-3H3,(H,18,21). The van der Waals surface area contributed by atoms with Gasteiger partial charge in [-0.2, -0.15) is 5.10 Å². The summed E-state index contributed by atoms with van der Waals surface area (Å²) in [4.78, 5) is 12.2. The number of hydrogen-bond acceptors (Lipinski definition) is 3. The molecule has 0 aliphatic heterocycles. The predicted molar refractivity (Wildman–Crippen MR) is 89.3 cm³/mol. The number of methoxy groups -OCH3 is 1. The van der Waals surface area contributed by atoms with Gasteiger partial charge in [0, 0.05) is 23.3 Å². The summed E-state index contributed by atoms with van der Waals surface area (Å²) in [5.74, 6) is 0.551. The van der Waals surface area contributed by atoms with Crippen LogP contribution in [0.15, 0.2) is 28.7 Å². The molecule has 2 rings (SSSR count). The molecule has 2 aromatic rings. The Morgan fingerprint density at radius 2 is 2.14 bits per heavy atom. The highest BCUT2D eigenvalue weighted by molar-refractivity contribution is 9.10. The van der Waals surface area contributed by atoms with Gasteiger partial charge in [0.25, 0.3) is 5.91 Å². The zero-order valence-corrected chi connectivity index (χ0v) is 14.6. The van der Waals surface area contributed by atoms with E-state index in [-0.39, 0.29) is 5.91 Å². The SMILES string of the molecule is COc1ccc(Br)c(C(=O)NCCCn2nc(C)cc2C)c1. The van der Waals surface area contributed by atoms with E-state index in [1.165, 1.54) is 0 Å². The van der Waals surface area contributed by atoms with Gasteiger partial charge in [0.15, 0.2) is 0 Å². The van der Waals surface area contributed by atoms with Crippen molar-refractivity contribution in [2.24, 2.45) is 0 Å². The van der Waals surface area contributed by atoms with Gasteiger partial charge >= 0.3 is 0 Å². The molecular weight excluding hydrogens is 346 g/mol. The normalized spacial score (nSPS) is 10.5. The van der Waals surface area contributed by atoms with Crippen LogP contribution in [0.3, 0.4) is 0 Å². The number of aryl methyl sites for hydroxylation is 3. The third kappa shape index (κ3) is 4.10. The molecule has 1 aromatic carbocycles. The van der Waals surface area contributed by atoms with Crippen molar-refractivity contribution in [1.82, 2.24) is 15.1 Å². The number of hydrogen-bond donors (Lipinski definition) is 1. The molecule has 0 fully saturated rings. The molecule has 1 aromatic heterocycles. The molecule has 0 saturated carbocycles. The summed E-state index contributed by atoms with van der Waals surface area (Å²) in [5, 5.41) is 7.32. The van der Waals surface area contributed by atoms with Crippen molar-refractivity contribution in [3.63, 3.8) is 0 Å². The summed E-state index contributed by atoms with van der Waals surface area (Å²) in [6, 6.07) is 7.39. The molecule has 1 N–H and O–H groups in total. The molecule has 0 saturated heterocycles.